The molecular formula is C10H15F3N2O2. The molecule has 2 saturated heterocycles. The van der Waals surface area contributed by atoms with Crippen LogP contribution in [0, 0.1) is 5.41 Å². The largest absolute Gasteiger partial charge is 0.404 e. The van der Waals surface area contributed by atoms with Gasteiger partial charge in [-0.3, -0.25) is 4.79 Å². The quantitative estimate of drug-likeness (QED) is 0.734. The zero-order valence-electron chi connectivity index (χ0n) is 9.35. The second kappa shape index (κ2) is 4.45. The number of hydrogen-bond acceptors (Lipinski definition) is 3. The van der Waals surface area contributed by atoms with Crippen molar-refractivity contribution in [3.05, 3.63) is 0 Å². The molecule has 2 fully saturated rings. The van der Waals surface area contributed by atoms with E-state index in [9.17, 15) is 18.0 Å². The molecule has 1 N–H and O–H groups in total. The third-order valence-corrected chi connectivity index (χ3v) is 3.41. The fraction of sp³-hybridized carbons (Fsp3) is 0.900. The van der Waals surface area contributed by atoms with E-state index in [1.165, 1.54) is 4.90 Å². The molecule has 1 atom stereocenters. The summed E-state index contributed by atoms with van der Waals surface area (Å²) in [6, 6.07) is 0. The average molecular weight is 252 g/mol. The first kappa shape index (κ1) is 12.6. The van der Waals surface area contributed by atoms with E-state index in [1.54, 1.807) is 0 Å². The second-order valence-corrected chi connectivity index (χ2v) is 4.41. The second-order valence-electron chi connectivity index (χ2n) is 4.41. The van der Waals surface area contributed by atoms with Crippen molar-refractivity contribution < 1.29 is 22.7 Å². The number of nitrogens with one attached hydrogen (secondary N) is 1. The highest BCUT2D eigenvalue weighted by Crippen LogP contribution is 2.44. The maximum Gasteiger partial charge on any atom is 0.404 e. The third kappa shape index (κ3) is 2.13. The van der Waals surface area contributed by atoms with Gasteiger partial charge in [0.2, 0.25) is 5.91 Å². The number of carbonyl (C=O) groups excluding carboxylic acids is 1. The highest BCUT2D eigenvalue weighted by atomic mass is 19.4. The van der Waals surface area contributed by atoms with Crippen LogP contribution >= 0.6 is 0 Å². The zero-order valence-corrected chi connectivity index (χ0v) is 9.35. The van der Waals surface area contributed by atoms with Crippen molar-refractivity contribution in [1.29, 1.82) is 0 Å². The molecule has 0 spiro atoms. The number of hydrogen-bond donors (Lipinski definition) is 1. The van der Waals surface area contributed by atoms with E-state index in [4.69, 9.17) is 4.74 Å². The summed E-state index contributed by atoms with van der Waals surface area (Å²) in [7, 11) is 0. The van der Waals surface area contributed by atoms with Gasteiger partial charge in [-0.1, -0.05) is 0 Å². The summed E-state index contributed by atoms with van der Waals surface area (Å²) in [5.41, 5.74) is -2.23. The minimum Gasteiger partial charge on any atom is -0.378 e. The highest BCUT2D eigenvalue weighted by molar-refractivity contribution is 5.84. The summed E-state index contributed by atoms with van der Waals surface area (Å²) < 4.78 is 44.3. The summed E-state index contributed by atoms with van der Waals surface area (Å²) in [6.07, 6.45) is -4.67. The lowest BCUT2D eigenvalue weighted by Crippen LogP contribution is -2.55. The smallest absolute Gasteiger partial charge is 0.378 e. The molecule has 17 heavy (non-hydrogen) atoms. The molecule has 98 valence electrons. The SMILES string of the molecule is O=C(N1CCOCC1)C1(C(F)(F)F)CCNC1. The highest BCUT2D eigenvalue weighted by Gasteiger charge is 2.62. The first-order valence-electron chi connectivity index (χ1n) is 5.62. The van der Waals surface area contributed by atoms with Crippen LogP contribution in [0.25, 0.3) is 0 Å². The van der Waals surface area contributed by atoms with Gasteiger partial charge in [-0.2, -0.15) is 13.2 Å². The van der Waals surface area contributed by atoms with Gasteiger partial charge in [-0.05, 0) is 13.0 Å². The van der Waals surface area contributed by atoms with Crippen LogP contribution in [0.1, 0.15) is 6.42 Å². The molecule has 0 bridgehead atoms. The molecule has 1 unspecified atom stereocenters. The number of morpholine rings is 1. The molecule has 7 heteroatoms. The maximum absolute atomic E-state index is 13.1. The minimum absolute atomic E-state index is 0.174. The first-order chi connectivity index (χ1) is 7.97. The van der Waals surface area contributed by atoms with Crippen LogP contribution in [0.3, 0.4) is 0 Å². The lowest BCUT2D eigenvalue weighted by atomic mass is 9.84. The molecule has 2 rings (SSSR count). The van der Waals surface area contributed by atoms with Gasteiger partial charge >= 0.3 is 6.18 Å². The van der Waals surface area contributed by atoms with Crippen LogP contribution in [0.5, 0.6) is 0 Å². The number of nitrogens with zero attached hydrogens (tertiary/aromatic N) is 1. The number of alkyl halides is 3. The van der Waals surface area contributed by atoms with Gasteiger partial charge in [-0.15, -0.1) is 0 Å². The molecule has 4 nitrogen and oxygen atoms in total. The summed E-state index contributed by atoms with van der Waals surface area (Å²) in [5.74, 6) is -0.807. The molecule has 1 amide bonds. The number of ether oxygens (including phenoxy) is 1. The van der Waals surface area contributed by atoms with Crippen LogP contribution < -0.4 is 5.32 Å². The molecule has 0 aromatic heterocycles. The Morgan fingerprint density at radius 1 is 1.29 bits per heavy atom. The van der Waals surface area contributed by atoms with E-state index in [0.717, 1.165) is 0 Å². The van der Waals surface area contributed by atoms with Crippen LogP contribution in [0.2, 0.25) is 0 Å². The van der Waals surface area contributed by atoms with Crippen LogP contribution in [-0.2, 0) is 9.53 Å². The Hall–Kier alpha value is -0.820. The molecule has 2 aliphatic rings. The molecule has 0 aliphatic carbocycles. The Bertz CT molecular complexity index is 294. The van der Waals surface area contributed by atoms with E-state index < -0.39 is 17.5 Å². The van der Waals surface area contributed by atoms with Gasteiger partial charge in [0.15, 0.2) is 5.41 Å². The van der Waals surface area contributed by atoms with Crippen molar-refractivity contribution in [3.8, 4) is 0 Å². The van der Waals surface area contributed by atoms with Crippen LogP contribution in [0.4, 0.5) is 13.2 Å². The Labute approximate surface area is 97.1 Å². The molecule has 2 aliphatic heterocycles. The first-order valence-corrected chi connectivity index (χ1v) is 5.62. The van der Waals surface area contributed by atoms with Gasteiger partial charge in [0.1, 0.15) is 0 Å². The van der Waals surface area contributed by atoms with E-state index in [0.29, 0.717) is 13.2 Å². The number of halogens is 3. The van der Waals surface area contributed by atoms with Crippen molar-refractivity contribution in [1.82, 2.24) is 10.2 Å². The minimum atomic E-state index is -4.49. The normalized spacial score (nSPS) is 30.6. The predicted octanol–water partition coefficient (Wildman–Crippen LogP) is 0.387. The standard InChI is InChI=1S/C10H15F3N2O2/c11-10(12,13)9(1-2-14-7-9)8(16)15-3-5-17-6-4-15/h14H,1-7H2. The van der Waals surface area contributed by atoms with Gasteiger partial charge in [0, 0.05) is 19.6 Å². The van der Waals surface area contributed by atoms with Gasteiger partial charge in [-0.25, -0.2) is 0 Å². The molecule has 2 heterocycles. The van der Waals surface area contributed by atoms with Crippen molar-refractivity contribution in [3.63, 3.8) is 0 Å². The van der Waals surface area contributed by atoms with E-state index >= 15 is 0 Å². The molecule has 0 radical (unpaired) electrons. The molecule has 0 aromatic rings. The van der Waals surface area contributed by atoms with Crippen LogP contribution in [0.15, 0.2) is 0 Å². The Morgan fingerprint density at radius 2 is 1.94 bits per heavy atom. The van der Waals surface area contributed by atoms with Gasteiger partial charge in [0.05, 0.1) is 13.2 Å². The lowest BCUT2D eigenvalue weighted by Gasteiger charge is -2.36. The Kier molecular flexibility index (Phi) is 3.31. The monoisotopic (exact) mass is 252 g/mol. The summed E-state index contributed by atoms with van der Waals surface area (Å²) in [6.45, 7) is 1.04. The van der Waals surface area contributed by atoms with E-state index in [2.05, 4.69) is 5.32 Å². The molecular weight excluding hydrogens is 237 g/mol. The summed E-state index contributed by atoms with van der Waals surface area (Å²) in [5, 5.41) is 2.64. The summed E-state index contributed by atoms with van der Waals surface area (Å²) in [4.78, 5) is 13.3. The lowest BCUT2D eigenvalue weighted by molar-refractivity contribution is -0.223. The maximum atomic E-state index is 13.1. The molecule has 0 aromatic carbocycles. The topological polar surface area (TPSA) is 41.6 Å². The Balaban J connectivity index is 2.18. The van der Waals surface area contributed by atoms with Crippen LogP contribution in [-0.4, -0.2) is 56.4 Å². The van der Waals surface area contributed by atoms with Crippen molar-refractivity contribution in [2.75, 3.05) is 39.4 Å². The number of carbonyl (C=O) groups is 1. The zero-order chi connectivity index (χ0) is 12.5. The number of rotatable bonds is 1. The number of amides is 1. The fourth-order valence-corrected chi connectivity index (χ4v) is 2.31. The van der Waals surface area contributed by atoms with Gasteiger partial charge in [0.25, 0.3) is 0 Å². The Morgan fingerprint density at radius 3 is 2.41 bits per heavy atom. The molecule has 0 saturated carbocycles. The van der Waals surface area contributed by atoms with E-state index in [-0.39, 0.29) is 32.6 Å². The third-order valence-electron chi connectivity index (χ3n) is 3.41. The van der Waals surface area contributed by atoms with Crippen molar-refractivity contribution >= 4 is 5.91 Å². The summed E-state index contributed by atoms with van der Waals surface area (Å²) >= 11 is 0. The van der Waals surface area contributed by atoms with E-state index in [1.807, 2.05) is 0 Å². The van der Waals surface area contributed by atoms with Crippen molar-refractivity contribution in [2.45, 2.75) is 12.6 Å². The predicted molar refractivity (Wildman–Crippen MR) is 53.4 cm³/mol. The average Bonchev–Trinajstić information content (AvgIpc) is 2.79. The van der Waals surface area contributed by atoms with Gasteiger partial charge < -0.3 is 15.0 Å². The fourth-order valence-electron chi connectivity index (χ4n) is 2.31. The van der Waals surface area contributed by atoms with Crippen molar-refractivity contribution in [2.24, 2.45) is 5.41 Å².